The quantitative estimate of drug-likeness (QED) is 0.311. The molecule has 0 aliphatic carbocycles. The summed E-state index contributed by atoms with van der Waals surface area (Å²) in [6, 6.07) is 0. The fourth-order valence-electron chi connectivity index (χ4n) is 1.99. The van der Waals surface area contributed by atoms with E-state index in [0.717, 1.165) is 19.8 Å². The van der Waals surface area contributed by atoms with Crippen LogP contribution in [-0.2, 0) is 19.1 Å². The maximum atomic E-state index is 11.2. The first kappa shape index (κ1) is 27.3. The molecule has 0 fully saturated rings. The summed E-state index contributed by atoms with van der Waals surface area (Å²) in [6.45, 7) is 3.32. The first-order valence-corrected chi connectivity index (χ1v) is 8.98. The van der Waals surface area contributed by atoms with Gasteiger partial charge in [0.25, 0.3) is 0 Å². The Bertz CT molecular complexity index is 332. The Labute approximate surface area is 174 Å². The molecule has 0 saturated carbocycles. The molecule has 0 rings (SSSR count). The Kier molecular flexibility index (Phi) is 23.1. The topological polar surface area (TPSA) is 60.4 Å². The fraction of sp³-hybridized carbons (Fsp3) is 0.929. The van der Waals surface area contributed by atoms with Crippen LogP contribution in [0.4, 0.5) is 0 Å². The van der Waals surface area contributed by atoms with E-state index in [-0.39, 0.29) is 64.9 Å². The summed E-state index contributed by atoms with van der Waals surface area (Å²) in [4.78, 5) is 10.5. The van der Waals surface area contributed by atoms with Crippen molar-refractivity contribution in [2.24, 2.45) is 0 Å². The predicted molar refractivity (Wildman–Crippen MR) is 91.7 cm³/mol. The minimum atomic E-state index is -3.64. The molecular weight excluding hydrogens is 310 g/mol. The van der Waals surface area contributed by atoms with E-state index in [0.29, 0.717) is 6.42 Å². The zero-order valence-corrected chi connectivity index (χ0v) is 13.1. The second-order valence-electron chi connectivity index (χ2n) is 5.02. The summed E-state index contributed by atoms with van der Waals surface area (Å²) < 4.78 is 26.7. The monoisotopic (exact) mass is 340 g/mol. The van der Waals surface area contributed by atoms with E-state index in [1.807, 2.05) is 0 Å². The van der Waals surface area contributed by atoms with Gasteiger partial charge in [-0.15, -0.1) is 0 Å². The maximum absolute atomic E-state index is 11.2. The molecule has 4 nitrogen and oxygen atoms in total. The van der Waals surface area contributed by atoms with Gasteiger partial charge in [-0.3, -0.25) is 4.79 Å². The molecule has 21 heavy (non-hydrogen) atoms. The number of unbranched alkanes of at least 4 members (excludes halogenated alkanes) is 9. The van der Waals surface area contributed by atoms with Crippen LogP contribution in [0.3, 0.4) is 0 Å². The molecule has 0 aliphatic rings. The zero-order valence-electron chi connectivity index (χ0n) is 12.3. The Morgan fingerprint density at radius 1 is 0.810 bits per heavy atom. The van der Waals surface area contributed by atoms with Crippen LogP contribution >= 0.6 is 0 Å². The first-order valence-electron chi connectivity index (χ1n) is 7.40. The fourth-order valence-corrected chi connectivity index (χ4v) is 2.99. The van der Waals surface area contributed by atoms with Crippen LogP contribution in [-0.4, -0.2) is 79.3 Å². The Balaban J connectivity index is -0.00000162. The Morgan fingerprint density at radius 3 is 1.57 bits per heavy atom. The molecule has 0 heterocycles. The molecule has 0 aromatic rings. The predicted octanol–water partition coefficient (Wildman–Crippen LogP) is 2.50. The second-order valence-corrected chi connectivity index (χ2v) is 6.71. The molecule has 0 aromatic carbocycles. The molecule has 0 amide bonds. The molecule has 0 atom stereocenters. The van der Waals surface area contributed by atoms with Gasteiger partial charge in [0, 0.05) is 6.92 Å². The molecule has 0 radical (unpaired) electrons. The second kappa shape index (κ2) is 17.8. The van der Waals surface area contributed by atoms with Gasteiger partial charge in [0.1, 0.15) is 0 Å². The molecule has 0 unspecified atom stereocenters. The van der Waals surface area contributed by atoms with Gasteiger partial charge >= 0.3 is 75.2 Å². The van der Waals surface area contributed by atoms with Gasteiger partial charge in [0.15, 0.2) is 0 Å². The summed E-state index contributed by atoms with van der Waals surface area (Å²) in [5.41, 5.74) is 0. The van der Waals surface area contributed by atoms with Crippen molar-refractivity contribution in [3.05, 3.63) is 0 Å². The number of rotatable bonds is 12. The third-order valence-electron chi connectivity index (χ3n) is 2.99. The van der Waals surface area contributed by atoms with Crippen LogP contribution in [0.15, 0.2) is 0 Å². The normalized spacial score (nSPS) is 10.4. The van der Waals surface area contributed by atoms with Crippen molar-refractivity contribution in [1.29, 1.82) is 0 Å². The van der Waals surface area contributed by atoms with Crippen molar-refractivity contribution < 1.29 is 17.4 Å². The molecule has 0 spiro atoms. The molecule has 7 heteroatoms. The van der Waals surface area contributed by atoms with E-state index in [1.54, 1.807) is 0 Å². The minimum absolute atomic E-state index is 0. The molecular formula is C14H30Na2O4S. The Morgan fingerprint density at radius 2 is 1.19 bits per heavy atom. The van der Waals surface area contributed by atoms with Gasteiger partial charge in [-0.05, 0) is 6.42 Å². The van der Waals surface area contributed by atoms with E-state index in [2.05, 4.69) is 11.1 Å². The van der Waals surface area contributed by atoms with Crippen LogP contribution in [0.2, 0.25) is 0 Å². The van der Waals surface area contributed by atoms with Gasteiger partial charge < -0.3 is 4.18 Å². The third kappa shape index (κ3) is 21.4. The van der Waals surface area contributed by atoms with Crippen LogP contribution in [0.1, 0.15) is 78.1 Å². The van der Waals surface area contributed by atoms with Gasteiger partial charge in [0.05, 0.1) is 5.75 Å². The van der Waals surface area contributed by atoms with Crippen LogP contribution < -0.4 is 0 Å². The number of hydrogen-bond acceptors (Lipinski definition) is 4. The van der Waals surface area contributed by atoms with Gasteiger partial charge in [0.2, 0.25) is 0 Å². The number of hydrogen-bond donors (Lipinski definition) is 0. The van der Waals surface area contributed by atoms with Crippen molar-refractivity contribution in [1.82, 2.24) is 0 Å². The van der Waals surface area contributed by atoms with E-state index in [4.69, 9.17) is 0 Å². The van der Waals surface area contributed by atoms with Crippen molar-refractivity contribution in [2.45, 2.75) is 78.1 Å². The van der Waals surface area contributed by atoms with Gasteiger partial charge in [-0.2, -0.15) is 8.42 Å². The average Bonchev–Trinajstić information content (AvgIpc) is 2.30. The first-order chi connectivity index (χ1) is 8.98. The van der Waals surface area contributed by atoms with Crippen LogP contribution in [0.25, 0.3) is 0 Å². The average molecular weight is 340 g/mol. The standard InChI is InChI=1S/C14H28O4S.2Na.2H/c1-3-4-5-6-7-8-9-10-11-12-13-19(16,17)18-14(2)15;;;;/h3-13H2,1-2H3;;;;. The van der Waals surface area contributed by atoms with Crippen LogP contribution in [0, 0.1) is 0 Å². The molecule has 0 saturated heterocycles. The zero-order chi connectivity index (χ0) is 14.6. The molecule has 0 aliphatic heterocycles. The van der Waals surface area contributed by atoms with E-state index in [1.165, 1.54) is 44.9 Å². The number of carbonyl (C=O) groups is 1. The molecule has 0 aromatic heterocycles. The van der Waals surface area contributed by atoms with Crippen molar-refractivity contribution in [3.8, 4) is 0 Å². The van der Waals surface area contributed by atoms with Gasteiger partial charge in [-0.1, -0.05) is 64.7 Å². The van der Waals surface area contributed by atoms with Gasteiger partial charge in [-0.25, -0.2) is 0 Å². The van der Waals surface area contributed by atoms with E-state index >= 15 is 0 Å². The summed E-state index contributed by atoms with van der Waals surface area (Å²) in [5.74, 6) is -0.810. The van der Waals surface area contributed by atoms with E-state index < -0.39 is 16.1 Å². The summed E-state index contributed by atoms with van der Waals surface area (Å²) in [6.07, 6.45) is 11.5. The SMILES string of the molecule is CCCCCCCCCCCCS(=O)(=O)OC(C)=O.[NaH].[NaH]. The van der Waals surface area contributed by atoms with Crippen LogP contribution in [0.5, 0.6) is 0 Å². The summed E-state index contributed by atoms with van der Waals surface area (Å²) in [5, 5.41) is 0. The molecule has 0 bridgehead atoms. The third-order valence-corrected chi connectivity index (χ3v) is 4.27. The Hall–Kier alpha value is 1.42. The molecule has 118 valence electrons. The summed E-state index contributed by atoms with van der Waals surface area (Å²) in [7, 11) is -3.64. The van der Waals surface area contributed by atoms with Crippen molar-refractivity contribution >= 4 is 75.2 Å². The van der Waals surface area contributed by atoms with Crippen molar-refractivity contribution in [3.63, 3.8) is 0 Å². The molecule has 0 N–H and O–H groups in total. The summed E-state index contributed by atoms with van der Waals surface area (Å²) >= 11 is 0. The van der Waals surface area contributed by atoms with E-state index in [9.17, 15) is 13.2 Å². The number of carbonyl (C=O) groups excluding carboxylic acids is 1. The van der Waals surface area contributed by atoms with Crippen molar-refractivity contribution in [2.75, 3.05) is 5.75 Å².